The molecule has 0 fully saturated rings. The van der Waals surface area contributed by atoms with Crippen LogP contribution in [0.5, 0.6) is 0 Å². The summed E-state index contributed by atoms with van der Waals surface area (Å²) in [6.45, 7) is 9.31. The lowest BCUT2D eigenvalue weighted by Gasteiger charge is -2.20. The molecule has 0 spiro atoms. The van der Waals surface area contributed by atoms with Crippen molar-refractivity contribution in [1.82, 2.24) is 5.32 Å². The lowest BCUT2D eigenvalue weighted by atomic mass is 9.93. The van der Waals surface area contributed by atoms with Gasteiger partial charge in [-0.3, -0.25) is 4.79 Å². The maximum Gasteiger partial charge on any atom is 0.336 e. The zero-order chi connectivity index (χ0) is 17.8. The van der Waals surface area contributed by atoms with Crippen LogP contribution in [0.15, 0.2) is 6.07 Å². The standard InChI is InChI=1S/C18H23NO4/c1-7-14-11(2)13(8-15(12(14)3)17(21)22)9-19-10-16(20)23-18(4,5)6/h1,8,19H,9-10H2,2-6H3,(H,21,22). The first-order valence-electron chi connectivity index (χ1n) is 7.32. The van der Waals surface area contributed by atoms with E-state index in [1.165, 1.54) is 0 Å². The molecule has 5 heteroatoms. The molecule has 1 rings (SSSR count). The molecule has 0 atom stereocenters. The Morgan fingerprint density at radius 1 is 1.30 bits per heavy atom. The van der Waals surface area contributed by atoms with Gasteiger partial charge in [-0.25, -0.2) is 4.79 Å². The van der Waals surface area contributed by atoms with Gasteiger partial charge in [0.1, 0.15) is 5.60 Å². The number of carboxylic acid groups (broad SMARTS) is 1. The maximum absolute atomic E-state index is 11.7. The molecule has 0 aliphatic rings. The van der Waals surface area contributed by atoms with Gasteiger partial charge in [-0.1, -0.05) is 5.92 Å². The Labute approximate surface area is 137 Å². The van der Waals surface area contributed by atoms with E-state index in [-0.39, 0.29) is 18.1 Å². The number of carbonyl (C=O) groups excluding carboxylic acids is 1. The van der Waals surface area contributed by atoms with Crippen LogP contribution in [-0.4, -0.2) is 29.2 Å². The number of hydrogen-bond donors (Lipinski definition) is 2. The van der Waals surface area contributed by atoms with Gasteiger partial charge in [0.2, 0.25) is 0 Å². The van der Waals surface area contributed by atoms with Crippen molar-refractivity contribution in [2.24, 2.45) is 0 Å². The number of carboxylic acids is 1. The fourth-order valence-corrected chi connectivity index (χ4v) is 2.27. The number of terminal acetylenes is 1. The summed E-state index contributed by atoms with van der Waals surface area (Å²) in [5, 5.41) is 12.2. The summed E-state index contributed by atoms with van der Waals surface area (Å²) < 4.78 is 5.20. The molecule has 23 heavy (non-hydrogen) atoms. The Hall–Kier alpha value is -2.32. The molecule has 1 aromatic carbocycles. The smallest absolute Gasteiger partial charge is 0.336 e. The fraction of sp³-hybridized carbons (Fsp3) is 0.444. The van der Waals surface area contributed by atoms with E-state index in [2.05, 4.69) is 11.2 Å². The zero-order valence-corrected chi connectivity index (χ0v) is 14.2. The molecule has 0 saturated carbocycles. The molecule has 0 aliphatic heterocycles. The topological polar surface area (TPSA) is 75.6 Å². The predicted molar refractivity (Wildman–Crippen MR) is 88.4 cm³/mol. The number of ether oxygens (including phenoxy) is 1. The summed E-state index contributed by atoms with van der Waals surface area (Å²) in [6.07, 6.45) is 5.50. The second kappa shape index (κ2) is 7.30. The van der Waals surface area contributed by atoms with E-state index in [1.807, 2.05) is 6.92 Å². The third kappa shape index (κ3) is 5.11. The highest BCUT2D eigenvalue weighted by atomic mass is 16.6. The summed E-state index contributed by atoms with van der Waals surface area (Å²) in [5.41, 5.74) is 2.40. The second-order valence-corrected chi connectivity index (χ2v) is 6.35. The van der Waals surface area contributed by atoms with Crippen LogP contribution in [0, 0.1) is 26.2 Å². The van der Waals surface area contributed by atoms with Gasteiger partial charge in [0.15, 0.2) is 0 Å². The zero-order valence-electron chi connectivity index (χ0n) is 14.2. The van der Waals surface area contributed by atoms with Gasteiger partial charge in [-0.15, -0.1) is 6.42 Å². The molecule has 0 aromatic heterocycles. The normalized spacial score (nSPS) is 11.0. The van der Waals surface area contributed by atoms with Gasteiger partial charge in [0.25, 0.3) is 0 Å². The van der Waals surface area contributed by atoms with Gasteiger partial charge < -0.3 is 15.2 Å². The minimum atomic E-state index is -1.02. The summed E-state index contributed by atoms with van der Waals surface area (Å²) in [7, 11) is 0. The van der Waals surface area contributed by atoms with Gasteiger partial charge >= 0.3 is 11.9 Å². The number of aromatic carboxylic acids is 1. The fourth-order valence-electron chi connectivity index (χ4n) is 2.27. The number of benzene rings is 1. The molecular weight excluding hydrogens is 294 g/mol. The lowest BCUT2D eigenvalue weighted by Crippen LogP contribution is -2.31. The van der Waals surface area contributed by atoms with Gasteiger partial charge in [0, 0.05) is 12.1 Å². The van der Waals surface area contributed by atoms with Gasteiger partial charge in [0.05, 0.1) is 12.1 Å². The molecule has 0 bridgehead atoms. The van der Waals surface area contributed by atoms with E-state index in [0.29, 0.717) is 17.7 Å². The highest BCUT2D eigenvalue weighted by molar-refractivity contribution is 5.90. The summed E-state index contributed by atoms with van der Waals surface area (Å²) in [4.78, 5) is 23.0. The van der Waals surface area contributed by atoms with E-state index < -0.39 is 11.6 Å². The van der Waals surface area contributed by atoms with Crippen LogP contribution in [-0.2, 0) is 16.1 Å². The minimum absolute atomic E-state index is 0.0401. The molecule has 0 unspecified atom stereocenters. The molecule has 0 saturated heterocycles. The van der Waals surface area contributed by atoms with Crippen LogP contribution in [0.2, 0.25) is 0 Å². The van der Waals surface area contributed by atoms with Crippen molar-refractivity contribution in [2.75, 3.05) is 6.54 Å². The van der Waals surface area contributed by atoms with Gasteiger partial charge in [-0.2, -0.15) is 0 Å². The van der Waals surface area contributed by atoms with E-state index >= 15 is 0 Å². The molecule has 0 heterocycles. The molecular formula is C18H23NO4. The quantitative estimate of drug-likeness (QED) is 0.644. The van der Waals surface area contributed by atoms with Crippen LogP contribution >= 0.6 is 0 Å². The lowest BCUT2D eigenvalue weighted by molar-refractivity contribution is -0.153. The van der Waals surface area contributed by atoms with Crippen molar-refractivity contribution in [3.05, 3.63) is 33.9 Å². The SMILES string of the molecule is C#Cc1c(C)c(CNCC(=O)OC(C)(C)C)cc(C(=O)O)c1C. The largest absolute Gasteiger partial charge is 0.478 e. The Morgan fingerprint density at radius 2 is 1.91 bits per heavy atom. The van der Waals surface area contributed by atoms with Crippen LogP contribution < -0.4 is 5.32 Å². The molecule has 5 nitrogen and oxygen atoms in total. The predicted octanol–water partition coefficient (Wildman–Crippen LogP) is 2.41. The van der Waals surface area contributed by atoms with Gasteiger partial charge in [-0.05, 0) is 57.4 Å². The Kier molecular flexibility index (Phi) is 5.94. The van der Waals surface area contributed by atoms with Crippen molar-refractivity contribution in [3.8, 4) is 12.3 Å². The van der Waals surface area contributed by atoms with Crippen LogP contribution in [0.25, 0.3) is 0 Å². The Balaban J connectivity index is 2.90. The van der Waals surface area contributed by atoms with E-state index in [9.17, 15) is 14.7 Å². The Morgan fingerprint density at radius 3 is 2.39 bits per heavy atom. The number of rotatable bonds is 5. The third-order valence-corrected chi connectivity index (χ3v) is 3.33. The first-order chi connectivity index (χ1) is 10.6. The summed E-state index contributed by atoms with van der Waals surface area (Å²) >= 11 is 0. The monoisotopic (exact) mass is 317 g/mol. The minimum Gasteiger partial charge on any atom is -0.478 e. The average molecular weight is 317 g/mol. The molecule has 0 amide bonds. The first kappa shape index (κ1) is 18.7. The first-order valence-corrected chi connectivity index (χ1v) is 7.32. The summed E-state index contributed by atoms with van der Waals surface area (Å²) in [5.74, 6) is 1.16. The molecule has 124 valence electrons. The van der Waals surface area contributed by atoms with Crippen LogP contribution in [0.4, 0.5) is 0 Å². The van der Waals surface area contributed by atoms with Crippen molar-refractivity contribution in [3.63, 3.8) is 0 Å². The van der Waals surface area contributed by atoms with Crippen molar-refractivity contribution in [1.29, 1.82) is 0 Å². The molecule has 0 radical (unpaired) electrons. The molecule has 2 N–H and O–H groups in total. The van der Waals surface area contributed by atoms with Crippen molar-refractivity contribution >= 4 is 11.9 Å². The maximum atomic E-state index is 11.7. The molecule has 0 aliphatic carbocycles. The van der Waals surface area contributed by atoms with E-state index in [1.54, 1.807) is 33.8 Å². The molecule has 1 aromatic rings. The number of carbonyl (C=O) groups is 2. The third-order valence-electron chi connectivity index (χ3n) is 3.33. The van der Waals surface area contributed by atoms with Crippen LogP contribution in [0.1, 0.15) is 53.4 Å². The second-order valence-electron chi connectivity index (χ2n) is 6.35. The summed E-state index contributed by atoms with van der Waals surface area (Å²) in [6, 6.07) is 1.59. The number of nitrogens with one attached hydrogen (secondary N) is 1. The van der Waals surface area contributed by atoms with E-state index in [4.69, 9.17) is 11.2 Å². The van der Waals surface area contributed by atoms with Crippen molar-refractivity contribution < 1.29 is 19.4 Å². The Bertz CT molecular complexity index is 663. The van der Waals surface area contributed by atoms with E-state index in [0.717, 1.165) is 11.1 Å². The highest BCUT2D eigenvalue weighted by Gasteiger charge is 2.17. The average Bonchev–Trinajstić information content (AvgIpc) is 2.39. The highest BCUT2D eigenvalue weighted by Crippen LogP contribution is 2.22. The van der Waals surface area contributed by atoms with Crippen molar-refractivity contribution in [2.45, 2.75) is 46.8 Å². The van der Waals surface area contributed by atoms with Crippen LogP contribution in [0.3, 0.4) is 0 Å². The number of esters is 1. The number of hydrogen-bond acceptors (Lipinski definition) is 4.